The summed E-state index contributed by atoms with van der Waals surface area (Å²) in [6, 6.07) is 10.9. The Hall–Kier alpha value is -1.57. The molecule has 0 amide bonds. The Morgan fingerprint density at radius 3 is 2.27 bits per heavy atom. The standard InChI is InChI=1S/C20H29N2/c1-3-5-7-13-18(16-17-11-8-6-9-12-17)19(10-4-2)20-21-14-15-22-20/h6,8-9,11-12,14-15,18-19H,3-5,7,10,13,16H2,1-2H3/q+1. The second-order valence-electron chi connectivity index (χ2n) is 6.26. The molecule has 0 saturated carbocycles. The molecule has 2 atom stereocenters. The number of nitrogens with zero attached hydrogens (tertiary/aromatic N) is 2. The molecule has 0 radical (unpaired) electrons. The van der Waals surface area contributed by atoms with Crippen molar-refractivity contribution in [3.8, 4) is 0 Å². The molecule has 0 aliphatic carbocycles. The molecule has 1 aliphatic rings. The highest BCUT2D eigenvalue weighted by Crippen LogP contribution is 2.36. The van der Waals surface area contributed by atoms with Gasteiger partial charge in [0.05, 0.1) is 5.92 Å². The highest BCUT2D eigenvalue weighted by Gasteiger charge is 2.34. The zero-order valence-corrected chi connectivity index (χ0v) is 14.0. The first-order valence-electron chi connectivity index (χ1n) is 8.82. The van der Waals surface area contributed by atoms with Crippen LogP contribution in [0.1, 0.15) is 57.9 Å². The molecule has 0 bridgehead atoms. The van der Waals surface area contributed by atoms with E-state index in [1.807, 2.05) is 12.4 Å². The molecule has 0 fully saturated rings. The summed E-state index contributed by atoms with van der Waals surface area (Å²) in [4.78, 5) is 9.03. The van der Waals surface area contributed by atoms with Gasteiger partial charge in [0.15, 0.2) is 12.4 Å². The summed E-state index contributed by atoms with van der Waals surface area (Å²) in [6.45, 7) is 4.54. The van der Waals surface area contributed by atoms with Crippen molar-refractivity contribution in [1.29, 1.82) is 0 Å². The van der Waals surface area contributed by atoms with Crippen LogP contribution in [0, 0.1) is 18.0 Å². The van der Waals surface area contributed by atoms with Crippen LogP contribution in [0.25, 0.3) is 0 Å². The van der Waals surface area contributed by atoms with E-state index in [0.29, 0.717) is 11.8 Å². The van der Waals surface area contributed by atoms with Crippen LogP contribution in [-0.4, -0.2) is 12.4 Å². The predicted molar refractivity (Wildman–Crippen MR) is 96.4 cm³/mol. The van der Waals surface area contributed by atoms with Crippen LogP contribution in [0.15, 0.2) is 40.3 Å². The maximum atomic E-state index is 4.51. The van der Waals surface area contributed by atoms with Crippen LogP contribution in [0.4, 0.5) is 0 Å². The van der Waals surface area contributed by atoms with E-state index in [1.54, 1.807) is 0 Å². The SMILES string of the molecule is CCCCCC(Cc1ccccc1)C(CCC)[C+]1N=CC=N1. The zero-order valence-electron chi connectivity index (χ0n) is 14.0. The highest BCUT2D eigenvalue weighted by atomic mass is 15.0. The largest absolute Gasteiger partial charge is 0.244 e. The maximum absolute atomic E-state index is 4.51. The van der Waals surface area contributed by atoms with Crippen LogP contribution < -0.4 is 0 Å². The molecule has 0 aromatic heterocycles. The van der Waals surface area contributed by atoms with Crippen LogP contribution in [0.3, 0.4) is 0 Å². The molecule has 1 aliphatic heterocycles. The molecule has 2 unspecified atom stereocenters. The second kappa shape index (κ2) is 9.45. The van der Waals surface area contributed by atoms with E-state index >= 15 is 0 Å². The summed E-state index contributed by atoms with van der Waals surface area (Å²) in [5, 5.41) is 0. The molecular formula is C20H29N2+. The summed E-state index contributed by atoms with van der Waals surface area (Å²) >= 11 is 0. The van der Waals surface area contributed by atoms with Crippen molar-refractivity contribution in [2.75, 3.05) is 0 Å². The fraction of sp³-hybridized carbons (Fsp3) is 0.550. The van der Waals surface area contributed by atoms with Crippen LogP contribution in [0.2, 0.25) is 0 Å². The Kier molecular flexibility index (Phi) is 7.21. The molecular weight excluding hydrogens is 268 g/mol. The van der Waals surface area contributed by atoms with Gasteiger partial charge in [0.2, 0.25) is 6.17 Å². The number of unbranched alkanes of at least 4 members (excludes halogenated alkanes) is 2. The van der Waals surface area contributed by atoms with Crippen LogP contribution in [0.5, 0.6) is 0 Å². The molecule has 118 valence electrons. The normalized spacial score (nSPS) is 16.2. The minimum absolute atomic E-state index is 0.497. The summed E-state index contributed by atoms with van der Waals surface area (Å²) in [5.74, 6) is 1.15. The van der Waals surface area contributed by atoms with Gasteiger partial charge in [-0.05, 0) is 30.7 Å². The van der Waals surface area contributed by atoms with E-state index in [4.69, 9.17) is 0 Å². The summed E-state index contributed by atoms with van der Waals surface area (Å²) in [6.07, 6.45) is 13.5. The van der Waals surface area contributed by atoms with Gasteiger partial charge in [0.25, 0.3) is 0 Å². The van der Waals surface area contributed by atoms with E-state index < -0.39 is 0 Å². The van der Waals surface area contributed by atoms with Crippen molar-refractivity contribution < 1.29 is 0 Å². The first-order valence-corrected chi connectivity index (χ1v) is 8.82. The van der Waals surface area contributed by atoms with Gasteiger partial charge in [-0.1, -0.05) is 79.8 Å². The van der Waals surface area contributed by atoms with Gasteiger partial charge in [-0.2, -0.15) is 0 Å². The Balaban J connectivity index is 2.08. The molecule has 2 rings (SSSR count). The van der Waals surface area contributed by atoms with E-state index in [1.165, 1.54) is 44.1 Å². The van der Waals surface area contributed by atoms with Crippen molar-refractivity contribution in [2.45, 2.75) is 58.8 Å². The quantitative estimate of drug-likeness (QED) is 0.403. The van der Waals surface area contributed by atoms with Crippen molar-refractivity contribution in [1.82, 2.24) is 0 Å². The van der Waals surface area contributed by atoms with Gasteiger partial charge in [0, 0.05) is 0 Å². The summed E-state index contributed by atoms with van der Waals surface area (Å²) in [5.41, 5.74) is 1.44. The van der Waals surface area contributed by atoms with Crippen LogP contribution in [-0.2, 0) is 6.42 Å². The molecule has 0 saturated heterocycles. The monoisotopic (exact) mass is 297 g/mol. The zero-order chi connectivity index (χ0) is 15.6. The number of rotatable bonds is 10. The molecule has 22 heavy (non-hydrogen) atoms. The Labute approximate surface area is 135 Å². The number of aliphatic imine (C=N–C) groups is 2. The number of hydrogen-bond acceptors (Lipinski definition) is 2. The Morgan fingerprint density at radius 1 is 0.909 bits per heavy atom. The predicted octanol–water partition coefficient (Wildman–Crippen LogP) is 5.49. The second-order valence-corrected chi connectivity index (χ2v) is 6.26. The molecule has 0 N–H and O–H groups in total. The number of hydrogen-bond donors (Lipinski definition) is 0. The van der Waals surface area contributed by atoms with E-state index in [9.17, 15) is 0 Å². The third-order valence-electron chi connectivity index (χ3n) is 4.50. The maximum Gasteiger partial charge on any atom is 0.244 e. The Morgan fingerprint density at radius 2 is 1.64 bits per heavy atom. The lowest BCUT2D eigenvalue weighted by molar-refractivity contribution is 0.291. The lowest BCUT2D eigenvalue weighted by Gasteiger charge is -2.25. The topological polar surface area (TPSA) is 24.7 Å². The lowest BCUT2D eigenvalue weighted by Crippen LogP contribution is -2.22. The minimum atomic E-state index is 0.497. The molecule has 1 aromatic rings. The van der Waals surface area contributed by atoms with Gasteiger partial charge in [-0.25, -0.2) is 0 Å². The molecule has 1 aromatic carbocycles. The van der Waals surface area contributed by atoms with Crippen molar-refractivity contribution in [3.63, 3.8) is 0 Å². The summed E-state index contributed by atoms with van der Waals surface area (Å²) in [7, 11) is 0. The van der Waals surface area contributed by atoms with Gasteiger partial charge < -0.3 is 0 Å². The van der Waals surface area contributed by atoms with Gasteiger partial charge in [-0.3, -0.25) is 0 Å². The summed E-state index contributed by atoms with van der Waals surface area (Å²) < 4.78 is 0. The Bertz CT molecular complexity index is 452. The van der Waals surface area contributed by atoms with Crippen molar-refractivity contribution >= 4 is 12.4 Å². The smallest absolute Gasteiger partial charge is 0.0965 e. The average Bonchev–Trinajstić information content (AvgIpc) is 3.07. The fourth-order valence-electron chi connectivity index (χ4n) is 3.35. The van der Waals surface area contributed by atoms with E-state index in [2.05, 4.69) is 54.2 Å². The molecule has 2 nitrogen and oxygen atoms in total. The third-order valence-corrected chi connectivity index (χ3v) is 4.50. The fourth-order valence-corrected chi connectivity index (χ4v) is 3.35. The molecule has 1 heterocycles. The van der Waals surface area contributed by atoms with E-state index in [0.717, 1.165) is 12.6 Å². The number of benzene rings is 1. The molecule has 2 heteroatoms. The minimum Gasteiger partial charge on any atom is -0.0965 e. The van der Waals surface area contributed by atoms with Gasteiger partial charge in [-0.15, -0.1) is 0 Å². The third kappa shape index (κ3) is 5.01. The first-order chi connectivity index (χ1) is 10.8. The van der Waals surface area contributed by atoms with Crippen molar-refractivity contribution in [3.05, 3.63) is 42.1 Å². The first kappa shape index (κ1) is 16.8. The van der Waals surface area contributed by atoms with Crippen molar-refractivity contribution in [2.24, 2.45) is 21.8 Å². The lowest BCUT2D eigenvalue weighted by atomic mass is 9.79. The molecule has 0 spiro atoms. The van der Waals surface area contributed by atoms with Gasteiger partial charge >= 0.3 is 0 Å². The highest BCUT2D eigenvalue weighted by molar-refractivity contribution is 6.18. The van der Waals surface area contributed by atoms with Crippen LogP contribution >= 0.6 is 0 Å². The average molecular weight is 297 g/mol. The van der Waals surface area contributed by atoms with Gasteiger partial charge in [0.1, 0.15) is 0 Å². The van der Waals surface area contributed by atoms with E-state index in [-0.39, 0.29) is 0 Å².